The summed E-state index contributed by atoms with van der Waals surface area (Å²) in [7, 11) is 0. The lowest BCUT2D eigenvalue weighted by molar-refractivity contribution is -0.919. The molecule has 2 aliphatic heterocycles. The number of piperidine rings is 1. The van der Waals surface area contributed by atoms with Gasteiger partial charge in [0.2, 0.25) is 0 Å². The van der Waals surface area contributed by atoms with Crippen LogP contribution in [-0.4, -0.2) is 18.0 Å². The van der Waals surface area contributed by atoms with Crippen LogP contribution in [0.25, 0.3) is 0 Å². The summed E-state index contributed by atoms with van der Waals surface area (Å²) in [5.41, 5.74) is 2.78. The van der Waals surface area contributed by atoms with E-state index in [-0.39, 0.29) is 4.87 Å². The summed E-state index contributed by atoms with van der Waals surface area (Å²) < 4.78 is 0. The second-order valence-electron chi connectivity index (χ2n) is 6.13. The monoisotopic (exact) mass is 297 g/mol. The van der Waals surface area contributed by atoms with Crippen LogP contribution in [0.15, 0.2) is 59.5 Å². The van der Waals surface area contributed by atoms with Gasteiger partial charge in [-0.2, -0.15) is 0 Å². The number of thioether (sulfide) groups is 1. The first-order valence-electron chi connectivity index (χ1n) is 7.77. The molecule has 4 rings (SSSR count). The van der Waals surface area contributed by atoms with Gasteiger partial charge in [0.1, 0.15) is 6.54 Å². The van der Waals surface area contributed by atoms with E-state index in [9.17, 15) is 0 Å². The van der Waals surface area contributed by atoms with Crippen molar-refractivity contribution in [2.24, 2.45) is 0 Å². The summed E-state index contributed by atoms with van der Waals surface area (Å²) in [6.45, 7) is 3.67. The quantitative estimate of drug-likeness (QED) is 0.887. The Balaban J connectivity index is 1.40. The zero-order valence-electron chi connectivity index (χ0n) is 12.1. The summed E-state index contributed by atoms with van der Waals surface area (Å²) in [4.78, 5) is 3.39. The van der Waals surface area contributed by atoms with Crippen LogP contribution in [0.4, 0.5) is 5.69 Å². The molecule has 2 heterocycles. The SMILES string of the molecule is c1ccc(C[NH+]2CCC3(CC2)Nc2ccccc2S3)cc1. The van der Waals surface area contributed by atoms with E-state index < -0.39 is 0 Å². The molecule has 0 bridgehead atoms. The van der Waals surface area contributed by atoms with E-state index in [0.29, 0.717) is 0 Å². The minimum Gasteiger partial charge on any atom is -0.369 e. The second-order valence-corrected chi connectivity index (χ2v) is 7.56. The van der Waals surface area contributed by atoms with Crippen molar-refractivity contribution >= 4 is 17.4 Å². The van der Waals surface area contributed by atoms with Crippen molar-refractivity contribution in [1.82, 2.24) is 0 Å². The first kappa shape index (κ1) is 13.2. The van der Waals surface area contributed by atoms with Gasteiger partial charge in [-0.3, -0.25) is 0 Å². The van der Waals surface area contributed by atoms with Crippen LogP contribution in [0.3, 0.4) is 0 Å². The lowest BCUT2D eigenvalue weighted by atomic mass is 10.0. The van der Waals surface area contributed by atoms with E-state index in [0.717, 1.165) is 6.54 Å². The molecule has 0 radical (unpaired) electrons. The smallest absolute Gasteiger partial charge is 0.103 e. The van der Waals surface area contributed by atoms with Gasteiger partial charge in [0.25, 0.3) is 0 Å². The van der Waals surface area contributed by atoms with Crippen LogP contribution < -0.4 is 10.2 Å². The maximum atomic E-state index is 3.78. The summed E-state index contributed by atoms with van der Waals surface area (Å²) >= 11 is 2.04. The second kappa shape index (κ2) is 5.39. The summed E-state index contributed by atoms with van der Waals surface area (Å²) in [6, 6.07) is 19.6. The predicted molar refractivity (Wildman–Crippen MR) is 88.7 cm³/mol. The predicted octanol–water partition coefficient (Wildman–Crippen LogP) is 2.78. The normalized spacial score (nSPS) is 27.3. The molecule has 2 aromatic carbocycles. The first-order chi connectivity index (χ1) is 10.3. The number of hydrogen-bond donors (Lipinski definition) is 2. The molecule has 1 fully saturated rings. The number of benzene rings is 2. The zero-order valence-corrected chi connectivity index (χ0v) is 13.0. The van der Waals surface area contributed by atoms with Gasteiger partial charge in [-0.1, -0.05) is 54.2 Å². The van der Waals surface area contributed by atoms with Crippen molar-refractivity contribution in [3.8, 4) is 0 Å². The summed E-state index contributed by atoms with van der Waals surface area (Å²) in [5, 5.41) is 3.78. The van der Waals surface area contributed by atoms with Gasteiger partial charge in [-0.25, -0.2) is 0 Å². The average Bonchev–Trinajstić information content (AvgIpc) is 2.89. The molecule has 0 aromatic heterocycles. The van der Waals surface area contributed by atoms with Crippen LogP contribution in [-0.2, 0) is 6.54 Å². The van der Waals surface area contributed by atoms with Gasteiger partial charge in [0.05, 0.1) is 18.0 Å². The molecule has 2 aromatic rings. The Morgan fingerprint density at radius 1 is 0.952 bits per heavy atom. The number of anilines is 1. The van der Waals surface area contributed by atoms with Crippen LogP contribution in [0.1, 0.15) is 18.4 Å². The Morgan fingerprint density at radius 2 is 1.67 bits per heavy atom. The average molecular weight is 297 g/mol. The minimum atomic E-state index is 0.254. The van der Waals surface area contributed by atoms with Gasteiger partial charge in [-0.15, -0.1) is 0 Å². The van der Waals surface area contributed by atoms with Crippen LogP contribution in [0, 0.1) is 0 Å². The highest BCUT2D eigenvalue weighted by Gasteiger charge is 2.41. The highest BCUT2D eigenvalue weighted by Crippen LogP contribution is 2.48. The van der Waals surface area contributed by atoms with Crippen molar-refractivity contribution in [1.29, 1.82) is 0 Å². The minimum absolute atomic E-state index is 0.254. The van der Waals surface area contributed by atoms with Crippen molar-refractivity contribution in [2.45, 2.75) is 29.2 Å². The zero-order chi connectivity index (χ0) is 14.1. The molecule has 0 saturated carbocycles. The van der Waals surface area contributed by atoms with E-state index in [1.165, 1.54) is 42.1 Å². The highest BCUT2D eigenvalue weighted by molar-refractivity contribution is 8.01. The fraction of sp³-hybridized carbons (Fsp3) is 0.333. The number of rotatable bonds is 2. The molecule has 2 N–H and O–H groups in total. The molecule has 3 heteroatoms. The molecule has 0 aliphatic carbocycles. The standard InChI is InChI=1S/C18H20N2S/c1-2-6-15(7-3-1)14-20-12-10-18(11-13-20)19-16-8-4-5-9-17(16)21-18/h1-9,19H,10-14H2/p+1. The number of para-hydroxylation sites is 1. The van der Waals surface area contributed by atoms with Gasteiger partial charge < -0.3 is 10.2 Å². The van der Waals surface area contributed by atoms with E-state index >= 15 is 0 Å². The molecule has 2 aliphatic rings. The molecule has 1 spiro atoms. The van der Waals surface area contributed by atoms with Gasteiger partial charge in [0, 0.05) is 29.0 Å². The lowest BCUT2D eigenvalue weighted by Gasteiger charge is -2.36. The van der Waals surface area contributed by atoms with Crippen LogP contribution in [0.2, 0.25) is 0 Å². The van der Waals surface area contributed by atoms with Crippen molar-refractivity contribution in [3.05, 3.63) is 60.2 Å². The molecule has 0 amide bonds. The third kappa shape index (κ3) is 2.68. The molecule has 1 saturated heterocycles. The summed E-state index contributed by atoms with van der Waals surface area (Å²) in [5.74, 6) is 0. The third-order valence-corrected chi connectivity index (χ3v) is 6.09. The van der Waals surface area contributed by atoms with E-state index in [4.69, 9.17) is 0 Å². The van der Waals surface area contributed by atoms with E-state index in [2.05, 4.69) is 59.9 Å². The number of fused-ring (bicyclic) bond motifs is 1. The Bertz CT molecular complexity index is 591. The molecule has 2 nitrogen and oxygen atoms in total. The van der Waals surface area contributed by atoms with Crippen molar-refractivity contribution in [2.75, 3.05) is 18.4 Å². The number of quaternary nitrogens is 1. The Labute approximate surface area is 130 Å². The van der Waals surface area contributed by atoms with Gasteiger partial charge in [-0.05, 0) is 12.1 Å². The van der Waals surface area contributed by atoms with Gasteiger partial charge >= 0.3 is 0 Å². The number of likely N-dealkylation sites (tertiary alicyclic amines) is 1. The van der Waals surface area contributed by atoms with E-state index in [1.807, 2.05) is 11.8 Å². The molecule has 21 heavy (non-hydrogen) atoms. The molecule has 0 unspecified atom stereocenters. The third-order valence-electron chi connectivity index (χ3n) is 4.62. The maximum Gasteiger partial charge on any atom is 0.103 e. The largest absolute Gasteiger partial charge is 0.369 e. The molecular formula is C18H21N2S+. The van der Waals surface area contributed by atoms with E-state index in [1.54, 1.807) is 4.90 Å². The summed E-state index contributed by atoms with van der Waals surface area (Å²) in [6.07, 6.45) is 2.49. The Morgan fingerprint density at radius 3 is 2.43 bits per heavy atom. The first-order valence-corrected chi connectivity index (χ1v) is 8.58. The number of hydrogen-bond acceptors (Lipinski definition) is 2. The number of nitrogens with one attached hydrogen (secondary N) is 2. The Kier molecular flexibility index (Phi) is 3.40. The topological polar surface area (TPSA) is 16.5 Å². The lowest BCUT2D eigenvalue weighted by Crippen LogP contribution is -3.12. The van der Waals surface area contributed by atoms with Crippen molar-refractivity contribution < 1.29 is 4.90 Å². The Hall–Kier alpha value is -1.45. The fourth-order valence-corrected chi connectivity index (χ4v) is 4.80. The molecular weight excluding hydrogens is 276 g/mol. The van der Waals surface area contributed by atoms with Crippen molar-refractivity contribution in [3.63, 3.8) is 0 Å². The maximum absolute atomic E-state index is 3.78. The fourth-order valence-electron chi connectivity index (χ4n) is 3.44. The highest BCUT2D eigenvalue weighted by atomic mass is 32.2. The molecule has 108 valence electrons. The van der Waals surface area contributed by atoms with Crippen LogP contribution in [0.5, 0.6) is 0 Å². The molecule has 0 atom stereocenters. The van der Waals surface area contributed by atoms with Gasteiger partial charge in [0.15, 0.2) is 0 Å². The van der Waals surface area contributed by atoms with Crippen LogP contribution >= 0.6 is 11.8 Å².